The SMILES string of the molecule is Cc1cc(NCCCCO)nc(Nc2ccc(Oc3ccc(Cl)cc3)cc2)n1. The molecular formula is C21H23ClN4O2. The molecule has 0 amide bonds. The lowest BCUT2D eigenvalue weighted by Gasteiger charge is -2.11. The standard InChI is InChI=1S/C21H23ClN4O2/c1-15-14-20(23-12-2-3-13-27)26-21(24-15)25-17-6-10-19(11-7-17)28-18-8-4-16(22)5-9-18/h4-11,14,27H,2-3,12-13H2,1H3,(H2,23,24,25,26). The third kappa shape index (κ3) is 6.11. The van der Waals surface area contributed by atoms with E-state index in [1.54, 1.807) is 12.1 Å². The lowest BCUT2D eigenvalue weighted by molar-refractivity contribution is 0.286. The lowest BCUT2D eigenvalue weighted by Crippen LogP contribution is -2.07. The molecule has 7 heteroatoms. The Kier molecular flexibility index (Phi) is 7.06. The molecule has 146 valence electrons. The van der Waals surface area contributed by atoms with Crippen molar-refractivity contribution in [1.29, 1.82) is 0 Å². The zero-order chi connectivity index (χ0) is 19.8. The molecule has 0 bridgehead atoms. The van der Waals surface area contributed by atoms with Gasteiger partial charge in [0.15, 0.2) is 0 Å². The van der Waals surface area contributed by atoms with Crippen molar-refractivity contribution in [2.75, 3.05) is 23.8 Å². The minimum atomic E-state index is 0.203. The average Bonchev–Trinajstić information content (AvgIpc) is 2.68. The van der Waals surface area contributed by atoms with Gasteiger partial charge in [-0.3, -0.25) is 0 Å². The summed E-state index contributed by atoms with van der Waals surface area (Å²) in [6, 6.07) is 16.7. The van der Waals surface area contributed by atoms with Gasteiger partial charge in [-0.05, 0) is 68.3 Å². The largest absolute Gasteiger partial charge is 0.457 e. The molecule has 0 radical (unpaired) electrons. The van der Waals surface area contributed by atoms with Crippen molar-refractivity contribution in [3.8, 4) is 11.5 Å². The third-order valence-electron chi connectivity index (χ3n) is 3.91. The number of unbranched alkanes of at least 4 members (excludes halogenated alkanes) is 1. The summed E-state index contributed by atoms with van der Waals surface area (Å²) in [7, 11) is 0. The number of aliphatic hydroxyl groups excluding tert-OH is 1. The van der Waals surface area contributed by atoms with Crippen molar-refractivity contribution < 1.29 is 9.84 Å². The summed E-state index contributed by atoms with van der Waals surface area (Å²) < 4.78 is 5.80. The first-order valence-corrected chi connectivity index (χ1v) is 9.51. The normalized spacial score (nSPS) is 10.5. The van der Waals surface area contributed by atoms with Crippen LogP contribution >= 0.6 is 11.6 Å². The monoisotopic (exact) mass is 398 g/mol. The van der Waals surface area contributed by atoms with E-state index in [9.17, 15) is 0 Å². The Bertz CT molecular complexity index is 886. The van der Waals surface area contributed by atoms with Crippen molar-refractivity contribution in [1.82, 2.24) is 9.97 Å². The van der Waals surface area contributed by atoms with E-state index in [0.29, 0.717) is 11.0 Å². The number of hydrogen-bond acceptors (Lipinski definition) is 6. The zero-order valence-corrected chi connectivity index (χ0v) is 16.4. The molecular weight excluding hydrogens is 376 g/mol. The van der Waals surface area contributed by atoms with Crippen LogP contribution in [0.5, 0.6) is 11.5 Å². The molecule has 0 atom stereocenters. The van der Waals surface area contributed by atoms with E-state index in [1.807, 2.05) is 49.4 Å². The molecule has 0 aliphatic rings. The number of nitrogens with zero attached hydrogens (tertiary/aromatic N) is 2. The summed E-state index contributed by atoms with van der Waals surface area (Å²) in [6.07, 6.45) is 1.66. The highest BCUT2D eigenvalue weighted by atomic mass is 35.5. The van der Waals surface area contributed by atoms with Crippen molar-refractivity contribution in [2.24, 2.45) is 0 Å². The van der Waals surface area contributed by atoms with Crippen LogP contribution in [0.4, 0.5) is 17.5 Å². The fourth-order valence-corrected chi connectivity index (χ4v) is 2.67. The summed E-state index contributed by atoms with van der Waals surface area (Å²) in [4.78, 5) is 8.91. The van der Waals surface area contributed by atoms with Gasteiger partial charge in [0.1, 0.15) is 17.3 Å². The molecule has 3 N–H and O–H groups in total. The molecule has 0 aliphatic carbocycles. The number of aromatic nitrogens is 2. The smallest absolute Gasteiger partial charge is 0.229 e. The van der Waals surface area contributed by atoms with Gasteiger partial charge in [-0.1, -0.05) is 11.6 Å². The van der Waals surface area contributed by atoms with Crippen LogP contribution < -0.4 is 15.4 Å². The van der Waals surface area contributed by atoms with Crippen LogP contribution in [0.1, 0.15) is 18.5 Å². The Morgan fingerprint density at radius 3 is 2.32 bits per heavy atom. The van der Waals surface area contributed by atoms with Gasteiger partial charge in [0, 0.05) is 35.6 Å². The van der Waals surface area contributed by atoms with Gasteiger partial charge < -0.3 is 20.5 Å². The van der Waals surface area contributed by atoms with E-state index in [0.717, 1.165) is 48.1 Å². The van der Waals surface area contributed by atoms with Gasteiger partial charge >= 0.3 is 0 Å². The maximum absolute atomic E-state index is 8.85. The van der Waals surface area contributed by atoms with E-state index >= 15 is 0 Å². The molecule has 0 unspecified atom stereocenters. The van der Waals surface area contributed by atoms with Crippen LogP contribution in [0.15, 0.2) is 54.6 Å². The molecule has 3 aromatic rings. The highest BCUT2D eigenvalue weighted by Crippen LogP contribution is 2.25. The van der Waals surface area contributed by atoms with Crippen molar-refractivity contribution in [2.45, 2.75) is 19.8 Å². The van der Waals surface area contributed by atoms with Gasteiger partial charge in [0.05, 0.1) is 0 Å². The number of ether oxygens (including phenoxy) is 1. The molecule has 0 aliphatic heterocycles. The van der Waals surface area contributed by atoms with Crippen molar-refractivity contribution in [3.63, 3.8) is 0 Å². The molecule has 0 saturated heterocycles. The van der Waals surface area contributed by atoms with Gasteiger partial charge in [-0.2, -0.15) is 4.98 Å². The zero-order valence-electron chi connectivity index (χ0n) is 15.7. The second-order valence-electron chi connectivity index (χ2n) is 6.28. The predicted molar refractivity (Wildman–Crippen MR) is 113 cm³/mol. The number of halogens is 1. The summed E-state index contributed by atoms with van der Waals surface area (Å²) in [6.45, 7) is 2.89. The average molecular weight is 399 g/mol. The first-order valence-electron chi connectivity index (χ1n) is 9.13. The van der Waals surface area contributed by atoms with Crippen LogP contribution in [-0.2, 0) is 0 Å². The maximum Gasteiger partial charge on any atom is 0.229 e. The molecule has 3 rings (SSSR count). The first-order chi connectivity index (χ1) is 13.6. The quantitative estimate of drug-likeness (QED) is 0.432. The maximum atomic E-state index is 8.85. The fraction of sp³-hybridized carbons (Fsp3) is 0.238. The Labute approximate surface area is 169 Å². The molecule has 0 fully saturated rings. The Balaban J connectivity index is 1.61. The van der Waals surface area contributed by atoms with Crippen molar-refractivity contribution >= 4 is 29.1 Å². The second-order valence-corrected chi connectivity index (χ2v) is 6.72. The molecule has 28 heavy (non-hydrogen) atoms. The summed E-state index contributed by atoms with van der Waals surface area (Å²) in [5.74, 6) is 2.74. The van der Waals surface area contributed by atoms with Crippen molar-refractivity contribution in [3.05, 3.63) is 65.3 Å². The molecule has 6 nitrogen and oxygen atoms in total. The third-order valence-corrected chi connectivity index (χ3v) is 4.16. The van der Waals surface area contributed by atoms with Crippen LogP contribution in [0.2, 0.25) is 5.02 Å². The number of nitrogens with one attached hydrogen (secondary N) is 2. The molecule has 2 aromatic carbocycles. The summed E-state index contributed by atoms with van der Waals surface area (Å²) >= 11 is 5.89. The fourth-order valence-electron chi connectivity index (χ4n) is 2.54. The predicted octanol–water partition coefficient (Wildman–Crippen LogP) is 5.16. The van der Waals surface area contributed by atoms with Crippen LogP contribution in [-0.4, -0.2) is 28.2 Å². The van der Waals surface area contributed by atoms with Gasteiger partial charge in [-0.25, -0.2) is 4.98 Å². The molecule has 1 heterocycles. The minimum absolute atomic E-state index is 0.203. The summed E-state index contributed by atoms with van der Waals surface area (Å²) in [5.41, 5.74) is 1.73. The Morgan fingerprint density at radius 1 is 0.964 bits per heavy atom. The number of benzene rings is 2. The van der Waals surface area contributed by atoms with Crippen LogP contribution in [0, 0.1) is 6.92 Å². The van der Waals surface area contributed by atoms with Gasteiger partial charge in [0.25, 0.3) is 0 Å². The number of aryl methyl sites for hydroxylation is 1. The van der Waals surface area contributed by atoms with Gasteiger partial charge in [0.2, 0.25) is 5.95 Å². The highest BCUT2D eigenvalue weighted by Gasteiger charge is 2.04. The molecule has 0 saturated carbocycles. The minimum Gasteiger partial charge on any atom is -0.457 e. The second kappa shape index (κ2) is 9.92. The number of hydrogen-bond donors (Lipinski definition) is 3. The van der Waals surface area contributed by atoms with Crippen LogP contribution in [0.25, 0.3) is 0 Å². The molecule has 1 aromatic heterocycles. The van der Waals surface area contributed by atoms with Crippen LogP contribution in [0.3, 0.4) is 0 Å². The summed E-state index contributed by atoms with van der Waals surface area (Å²) in [5, 5.41) is 16.0. The Morgan fingerprint density at radius 2 is 1.64 bits per heavy atom. The van der Waals surface area contributed by atoms with E-state index in [1.165, 1.54) is 0 Å². The lowest BCUT2D eigenvalue weighted by atomic mass is 10.3. The first kappa shape index (κ1) is 19.9. The number of rotatable bonds is 9. The van der Waals surface area contributed by atoms with E-state index < -0.39 is 0 Å². The topological polar surface area (TPSA) is 79.3 Å². The van der Waals surface area contributed by atoms with E-state index in [-0.39, 0.29) is 6.61 Å². The number of aliphatic hydroxyl groups is 1. The number of anilines is 3. The van der Waals surface area contributed by atoms with E-state index in [4.69, 9.17) is 21.4 Å². The van der Waals surface area contributed by atoms with Gasteiger partial charge in [-0.15, -0.1) is 0 Å². The Hall–Kier alpha value is -2.83. The van der Waals surface area contributed by atoms with E-state index in [2.05, 4.69) is 20.6 Å². The highest BCUT2D eigenvalue weighted by molar-refractivity contribution is 6.30. The molecule has 0 spiro atoms.